The molecule has 0 aromatic heterocycles. The van der Waals surface area contributed by atoms with Crippen LogP contribution in [0.2, 0.25) is 0 Å². The van der Waals surface area contributed by atoms with Crippen molar-refractivity contribution in [2.75, 3.05) is 13.7 Å². The number of hydrogen-bond donors (Lipinski definition) is 3. The van der Waals surface area contributed by atoms with Crippen LogP contribution in [0.1, 0.15) is 17.5 Å². The van der Waals surface area contributed by atoms with Crippen LogP contribution in [0.15, 0.2) is 36.4 Å². The van der Waals surface area contributed by atoms with E-state index in [2.05, 4.69) is 10.6 Å². The molecule has 0 unspecified atom stereocenters. The average Bonchev–Trinajstić information content (AvgIpc) is 2.94. The van der Waals surface area contributed by atoms with Crippen LogP contribution in [0.25, 0.3) is 0 Å². The maximum atomic E-state index is 11.9. The lowest BCUT2D eigenvalue weighted by molar-refractivity contribution is 0.184. The van der Waals surface area contributed by atoms with Gasteiger partial charge in [-0.3, -0.25) is 0 Å². The van der Waals surface area contributed by atoms with Crippen LogP contribution in [0.3, 0.4) is 0 Å². The number of urea groups is 1. The van der Waals surface area contributed by atoms with Gasteiger partial charge in [-0.15, -0.1) is 0 Å². The number of benzene rings is 1. The van der Waals surface area contributed by atoms with Crippen molar-refractivity contribution in [2.45, 2.75) is 25.6 Å². The van der Waals surface area contributed by atoms with Crippen LogP contribution in [0, 0.1) is 5.92 Å². The average molecular weight is 290 g/mol. The van der Waals surface area contributed by atoms with E-state index in [1.165, 1.54) is 0 Å². The highest BCUT2D eigenvalue weighted by molar-refractivity contribution is 5.74. The highest BCUT2D eigenvalue weighted by atomic mass is 16.5. The molecule has 0 fully saturated rings. The third-order valence-electron chi connectivity index (χ3n) is 3.58. The third kappa shape index (κ3) is 4.58. The van der Waals surface area contributed by atoms with Crippen molar-refractivity contribution in [3.8, 4) is 0 Å². The molecule has 5 heteroatoms. The zero-order valence-corrected chi connectivity index (χ0v) is 12.2. The standard InChI is InChI=1S/C16H22N2O3/c1-21-11-14-5-3-2-4-13(14)9-17-16(20)18-15-7-6-12(8-15)10-19/h2-7,12,15,19H,8-11H2,1H3,(H2,17,18,20)/t12-,15+/m0/s1. The minimum atomic E-state index is -0.199. The molecule has 114 valence electrons. The van der Waals surface area contributed by atoms with Crippen molar-refractivity contribution in [1.29, 1.82) is 0 Å². The van der Waals surface area contributed by atoms with E-state index in [1.54, 1.807) is 7.11 Å². The number of amides is 2. The Hall–Kier alpha value is -1.85. The van der Waals surface area contributed by atoms with Crippen LogP contribution >= 0.6 is 0 Å². The van der Waals surface area contributed by atoms with E-state index in [4.69, 9.17) is 9.84 Å². The molecular formula is C16H22N2O3. The number of aliphatic hydroxyl groups is 1. The van der Waals surface area contributed by atoms with Crippen LogP contribution in [0.4, 0.5) is 4.79 Å². The molecule has 2 atom stereocenters. The number of rotatable bonds is 6. The Morgan fingerprint density at radius 1 is 1.33 bits per heavy atom. The fraction of sp³-hybridized carbons (Fsp3) is 0.438. The minimum absolute atomic E-state index is 0.00336. The Labute approximate surface area is 125 Å². The van der Waals surface area contributed by atoms with Crippen molar-refractivity contribution in [3.63, 3.8) is 0 Å². The molecule has 0 heterocycles. The Balaban J connectivity index is 1.80. The van der Waals surface area contributed by atoms with E-state index < -0.39 is 0 Å². The number of ether oxygens (including phenoxy) is 1. The SMILES string of the molecule is COCc1ccccc1CNC(=O)N[C@@H]1C=C[C@H](CO)C1. The largest absolute Gasteiger partial charge is 0.396 e. The number of methoxy groups -OCH3 is 1. The number of carbonyl (C=O) groups excluding carboxylic acids is 1. The topological polar surface area (TPSA) is 70.6 Å². The number of aliphatic hydroxyl groups excluding tert-OH is 1. The van der Waals surface area contributed by atoms with Gasteiger partial charge in [0.25, 0.3) is 0 Å². The summed E-state index contributed by atoms with van der Waals surface area (Å²) in [5.74, 6) is 0.151. The van der Waals surface area contributed by atoms with Crippen molar-refractivity contribution >= 4 is 6.03 Å². The second-order valence-electron chi connectivity index (χ2n) is 5.20. The molecule has 0 spiro atoms. The summed E-state index contributed by atoms with van der Waals surface area (Å²) in [6.07, 6.45) is 4.63. The molecule has 0 saturated heterocycles. The molecule has 1 aliphatic carbocycles. The first-order valence-corrected chi connectivity index (χ1v) is 7.12. The maximum absolute atomic E-state index is 11.9. The van der Waals surface area contributed by atoms with Gasteiger partial charge in [0, 0.05) is 32.2 Å². The lowest BCUT2D eigenvalue weighted by Gasteiger charge is -2.14. The van der Waals surface area contributed by atoms with Gasteiger partial charge in [-0.1, -0.05) is 36.4 Å². The van der Waals surface area contributed by atoms with Gasteiger partial charge >= 0.3 is 6.03 Å². The minimum Gasteiger partial charge on any atom is -0.396 e. The predicted octanol–water partition coefficient (Wildman–Crippen LogP) is 1.57. The zero-order valence-electron chi connectivity index (χ0n) is 12.2. The first kappa shape index (κ1) is 15.5. The molecule has 5 nitrogen and oxygen atoms in total. The lowest BCUT2D eigenvalue weighted by Crippen LogP contribution is -2.40. The highest BCUT2D eigenvalue weighted by Crippen LogP contribution is 2.16. The van der Waals surface area contributed by atoms with E-state index in [0.29, 0.717) is 13.2 Å². The van der Waals surface area contributed by atoms with Gasteiger partial charge in [-0.25, -0.2) is 4.79 Å². The molecule has 2 rings (SSSR count). The summed E-state index contributed by atoms with van der Waals surface area (Å²) in [6.45, 7) is 1.12. The Morgan fingerprint density at radius 3 is 2.76 bits per heavy atom. The van der Waals surface area contributed by atoms with Crippen molar-refractivity contribution in [3.05, 3.63) is 47.5 Å². The summed E-state index contributed by atoms with van der Waals surface area (Å²) >= 11 is 0. The summed E-state index contributed by atoms with van der Waals surface area (Å²) in [4.78, 5) is 11.9. The fourth-order valence-corrected chi connectivity index (χ4v) is 2.44. The maximum Gasteiger partial charge on any atom is 0.315 e. The molecule has 0 bridgehead atoms. The van der Waals surface area contributed by atoms with Crippen LogP contribution < -0.4 is 10.6 Å². The molecule has 3 N–H and O–H groups in total. The monoisotopic (exact) mass is 290 g/mol. The van der Waals surface area contributed by atoms with E-state index >= 15 is 0 Å². The molecule has 1 aromatic rings. The molecule has 21 heavy (non-hydrogen) atoms. The van der Waals surface area contributed by atoms with Crippen LogP contribution in [-0.4, -0.2) is 30.9 Å². The predicted molar refractivity (Wildman–Crippen MR) is 80.6 cm³/mol. The zero-order chi connectivity index (χ0) is 15.1. The first-order valence-electron chi connectivity index (χ1n) is 7.12. The molecule has 0 saturated carbocycles. The van der Waals surface area contributed by atoms with Gasteiger partial charge in [0.2, 0.25) is 0 Å². The van der Waals surface area contributed by atoms with Crippen molar-refractivity contribution in [1.82, 2.24) is 10.6 Å². The van der Waals surface area contributed by atoms with Crippen LogP contribution in [0.5, 0.6) is 0 Å². The summed E-state index contributed by atoms with van der Waals surface area (Å²) < 4.78 is 5.15. The smallest absolute Gasteiger partial charge is 0.315 e. The fourth-order valence-electron chi connectivity index (χ4n) is 2.44. The second-order valence-corrected chi connectivity index (χ2v) is 5.20. The third-order valence-corrected chi connectivity index (χ3v) is 3.58. The van der Waals surface area contributed by atoms with Crippen molar-refractivity contribution in [2.24, 2.45) is 5.92 Å². The number of carbonyl (C=O) groups is 1. The number of nitrogens with one attached hydrogen (secondary N) is 2. The van der Waals surface area contributed by atoms with Gasteiger partial charge in [-0.05, 0) is 17.5 Å². The second kappa shape index (κ2) is 7.81. The van der Waals surface area contributed by atoms with Crippen LogP contribution in [-0.2, 0) is 17.9 Å². The molecule has 1 aromatic carbocycles. The van der Waals surface area contributed by atoms with Gasteiger partial charge in [0.15, 0.2) is 0 Å². The van der Waals surface area contributed by atoms with Crippen molar-refractivity contribution < 1.29 is 14.6 Å². The summed E-state index contributed by atoms with van der Waals surface area (Å²) in [7, 11) is 1.65. The van der Waals surface area contributed by atoms with E-state index in [9.17, 15) is 4.79 Å². The van der Waals surface area contributed by atoms with Gasteiger partial charge in [0.1, 0.15) is 0 Å². The quantitative estimate of drug-likeness (QED) is 0.696. The van der Waals surface area contributed by atoms with Gasteiger partial charge in [-0.2, -0.15) is 0 Å². The molecule has 2 amide bonds. The van der Waals surface area contributed by atoms with E-state index in [0.717, 1.165) is 17.5 Å². The molecule has 1 aliphatic rings. The Bertz CT molecular complexity index is 502. The van der Waals surface area contributed by atoms with Gasteiger partial charge in [0.05, 0.1) is 6.61 Å². The Morgan fingerprint density at radius 2 is 2.10 bits per heavy atom. The molecule has 0 radical (unpaired) electrons. The summed E-state index contributed by atoms with van der Waals surface area (Å²) in [5.41, 5.74) is 2.12. The first-order chi connectivity index (χ1) is 10.2. The highest BCUT2D eigenvalue weighted by Gasteiger charge is 2.19. The van der Waals surface area contributed by atoms with E-state index in [-0.39, 0.29) is 24.6 Å². The Kier molecular flexibility index (Phi) is 5.78. The lowest BCUT2D eigenvalue weighted by atomic mass is 10.1. The summed E-state index contributed by atoms with van der Waals surface area (Å²) in [6, 6.07) is 7.66. The normalized spacial score (nSPS) is 20.5. The molecular weight excluding hydrogens is 268 g/mol. The van der Waals surface area contributed by atoms with Gasteiger partial charge < -0.3 is 20.5 Å². The van der Waals surface area contributed by atoms with E-state index in [1.807, 2.05) is 36.4 Å². The number of hydrogen-bond acceptors (Lipinski definition) is 3. The summed E-state index contributed by atoms with van der Waals surface area (Å²) in [5, 5.41) is 14.8. The molecule has 0 aliphatic heterocycles.